The first kappa shape index (κ1) is 16.4. The van der Waals surface area contributed by atoms with E-state index in [1.54, 1.807) is 23.3 Å². The number of amides is 1. The number of aryl methyl sites for hydroxylation is 2. The second-order valence-electron chi connectivity index (χ2n) is 5.74. The Balaban J connectivity index is 1.98. The highest BCUT2D eigenvalue weighted by molar-refractivity contribution is 5.76. The van der Waals surface area contributed by atoms with Crippen molar-refractivity contribution in [3.63, 3.8) is 0 Å². The smallest absolute Gasteiger partial charge is 0.381 e. The van der Waals surface area contributed by atoms with E-state index in [2.05, 4.69) is 4.98 Å². The number of carbonyl (C=O) groups excluding carboxylic acids is 1. The number of likely N-dealkylation sites (tertiary alicyclic amines) is 1. The van der Waals surface area contributed by atoms with Crippen LogP contribution in [0.5, 0.6) is 0 Å². The second kappa shape index (κ2) is 6.87. The van der Waals surface area contributed by atoms with Gasteiger partial charge in [-0.2, -0.15) is 0 Å². The molecule has 2 rings (SSSR count). The Morgan fingerprint density at radius 2 is 2.32 bits per heavy atom. The average molecular weight is 310 g/mol. The molecule has 2 atom stereocenters. The Labute approximate surface area is 128 Å². The predicted molar refractivity (Wildman–Crippen MR) is 79.3 cm³/mol. The molecule has 2 unspecified atom stereocenters. The van der Waals surface area contributed by atoms with Crippen LogP contribution >= 0.6 is 0 Å². The molecule has 122 valence electrons. The van der Waals surface area contributed by atoms with Crippen LogP contribution in [0, 0.1) is 17.0 Å². The fraction of sp³-hybridized carbons (Fsp3) is 0.714. The number of aliphatic hydroxyl groups excluding tert-OH is 1. The summed E-state index contributed by atoms with van der Waals surface area (Å²) in [4.78, 5) is 28.1. The molecule has 22 heavy (non-hydrogen) atoms. The Morgan fingerprint density at radius 3 is 2.91 bits per heavy atom. The monoisotopic (exact) mass is 310 g/mol. The van der Waals surface area contributed by atoms with Gasteiger partial charge in [0.25, 0.3) is 0 Å². The van der Waals surface area contributed by atoms with Crippen molar-refractivity contribution in [3.05, 3.63) is 22.1 Å². The van der Waals surface area contributed by atoms with Gasteiger partial charge in [0.1, 0.15) is 6.20 Å². The number of rotatable bonds is 5. The molecule has 1 N–H and O–H groups in total. The zero-order valence-electron chi connectivity index (χ0n) is 12.9. The van der Waals surface area contributed by atoms with Crippen molar-refractivity contribution in [2.75, 3.05) is 6.54 Å². The van der Waals surface area contributed by atoms with Gasteiger partial charge in [-0.05, 0) is 36.1 Å². The van der Waals surface area contributed by atoms with E-state index in [0.717, 1.165) is 19.3 Å². The highest BCUT2D eigenvalue weighted by Gasteiger charge is 2.29. The van der Waals surface area contributed by atoms with E-state index in [9.17, 15) is 20.0 Å². The molecule has 1 aliphatic rings. The molecule has 1 fully saturated rings. The van der Waals surface area contributed by atoms with E-state index >= 15 is 0 Å². The molecule has 1 aromatic rings. The summed E-state index contributed by atoms with van der Waals surface area (Å²) in [5, 5.41) is 20.5. The summed E-state index contributed by atoms with van der Waals surface area (Å²) in [5.41, 5.74) is 0. The van der Waals surface area contributed by atoms with Gasteiger partial charge < -0.3 is 24.7 Å². The highest BCUT2D eigenvalue weighted by Crippen LogP contribution is 2.21. The van der Waals surface area contributed by atoms with Crippen LogP contribution < -0.4 is 0 Å². The van der Waals surface area contributed by atoms with Gasteiger partial charge in [-0.1, -0.05) is 0 Å². The molecule has 0 aromatic carbocycles. The lowest BCUT2D eigenvalue weighted by molar-refractivity contribution is -0.389. The summed E-state index contributed by atoms with van der Waals surface area (Å²) in [5.74, 6) is 0.288. The molecule has 0 radical (unpaired) electrons. The quantitative estimate of drug-likeness (QED) is 0.651. The van der Waals surface area contributed by atoms with Crippen LogP contribution in [0.4, 0.5) is 5.82 Å². The molecule has 8 nitrogen and oxygen atoms in total. The van der Waals surface area contributed by atoms with Crippen LogP contribution in [0.3, 0.4) is 0 Å². The molecule has 8 heteroatoms. The third-order valence-electron chi connectivity index (χ3n) is 4.14. The van der Waals surface area contributed by atoms with Crippen molar-refractivity contribution in [3.8, 4) is 0 Å². The number of nitro groups is 1. The van der Waals surface area contributed by atoms with Gasteiger partial charge in [-0.15, -0.1) is 0 Å². The average Bonchev–Trinajstić information content (AvgIpc) is 2.86. The van der Waals surface area contributed by atoms with Crippen LogP contribution in [0.1, 0.15) is 38.4 Å². The van der Waals surface area contributed by atoms with Gasteiger partial charge in [-0.3, -0.25) is 4.79 Å². The standard InChI is InChI=1S/C14H22N4O4/c1-10(19)12-5-3-4-7-17(12)14(20)6-8-16-9-13(18(21)22)15-11(16)2/h9-10,12,19H,3-8H2,1-2H3. The molecule has 0 spiro atoms. The lowest BCUT2D eigenvalue weighted by atomic mass is 9.98. The van der Waals surface area contributed by atoms with E-state index in [1.807, 2.05) is 0 Å². The number of aliphatic hydroxyl groups is 1. The fourth-order valence-corrected chi connectivity index (χ4v) is 2.93. The Kier molecular flexibility index (Phi) is 5.12. The first-order valence-electron chi connectivity index (χ1n) is 7.56. The lowest BCUT2D eigenvalue weighted by Crippen LogP contribution is -2.49. The number of hydrogen-bond donors (Lipinski definition) is 1. The zero-order valence-corrected chi connectivity index (χ0v) is 12.9. The first-order chi connectivity index (χ1) is 10.4. The normalized spacial score (nSPS) is 20.0. The number of carbonyl (C=O) groups is 1. The molecule has 1 aliphatic heterocycles. The van der Waals surface area contributed by atoms with Gasteiger partial charge in [0.05, 0.1) is 12.1 Å². The van der Waals surface area contributed by atoms with Gasteiger partial charge in [0.2, 0.25) is 11.7 Å². The third-order valence-corrected chi connectivity index (χ3v) is 4.14. The second-order valence-corrected chi connectivity index (χ2v) is 5.74. The van der Waals surface area contributed by atoms with E-state index in [0.29, 0.717) is 18.9 Å². The molecule has 1 saturated heterocycles. The minimum atomic E-state index is -0.542. The van der Waals surface area contributed by atoms with Gasteiger partial charge in [0.15, 0.2) is 0 Å². The Bertz CT molecular complexity index is 555. The molecule has 1 aromatic heterocycles. The largest absolute Gasteiger partial charge is 0.391 e. The summed E-state index contributed by atoms with van der Waals surface area (Å²) in [6.07, 6.45) is 3.85. The van der Waals surface area contributed by atoms with E-state index in [1.165, 1.54) is 6.20 Å². The molecule has 0 bridgehead atoms. The Morgan fingerprint density at radius 1 is 1.59 bits per heavy atom. The number of aromatic nitrogens is 2. The van der Waals surface area contributed by atoms with Crippen LogP contribution in [-0.2, 0) is 11.3 Å². The lowest BCUT2D eigenvalue weighted by Gasteiger charge is -2.37. The summed E-state index contributed by atoms with van der Waals surface area (Å²) < 4.78 is 1.62. The summed E-state index contributed by atoms with van der Waals surface area (Å²) in [7, 11) is 0. The van der Waals surface area contributed by atoms with Crippen LogP contribution in [0.25, 0.3) is 0 Å². The van der Waals surface area contributed by atoms with Gasteiger partial charge >= 0.3 is 5.82 Å². The van der Waals surface area contributed by atoms with Crippen molar-refractivity contribution < 1.29 is 14.8 Å². The van der Waals surface area contributed by atoms with Crippen molar-refractivity contribution in [1.29, 1.82) is 0 Å². The van der Waals surface area contributed by atoms with E-state index in [4.69, 9.17) is 0 Å². The van der Waals surface area contributed by atoms with Crippen LogP contribution in [0.2, 0.25) is 0 Å². The predicted octanol–water partition coefficient (Wildman–Crippen LogP) is 1.25. The molecule has 0 saturated carbocycles. The maximum absolute atomic E-state index is 12.4. The maximum Gasteiger partial charge on any atom is 0.381 e. The minimum Gasteiger partial charge on any atom is -0.391 e. The van der Waals surface area contributed by atoms with Crippen LogP contribution in [0.15, 0.2) is 6.20 Å². The van der Waals surface area contributed by atoms with Crippen molar-refractivity contribution >= 4 is 11.7 Å². The van der Waals surface area contributed by atoms with Crippen molar-refractivity contribution in [2.24, 2.45) is 0 Å². The molecular formula is C14H22N4O4. The fourth-order valence-electron chi connectivity index (χ4n) is 2.93. The van der Waals surface area contributed by atoms with Gasteiger partial charge in [0, 0.05) is 26.4 Å². The van der Waals surface area contributed by atoms with Crippen molar-refractivity contribution in [2.45, 2.75) is 58.2 Å². The third kappa shape index (κ3) is 3.62. The molecular weight excluding hydrogens is 288 g/mol. The number of nitrogens with zero attached hydrogens (tertiary/aromatic N) is 4. The zero-order chi connectivity index (χ0) is 16.3. The first-order valence-corrected chi connectivity index (χ1v) is 7.56. The Hall–Kier alpha value is -1.96. The maximum atomic E-state index is 12.4. The molecule has 1 amide bonds. The highest BCUT2D eigenvalue weighted by atomic mass is 16.6. The number of piperidine rings is 1. The van der Waals surface area contributed by atoms with E-state index in [-0.39, 0.29) is 24.2 Å². The molecule has 0 aliphatic carbocycles. The SMILES string of the molecule is Cc1nc([N+](=O)[O-])cn1CCC(=O)N1CCCCC1C(C)O. The summed E-state index contributed by atoms with van der Waals surface area (Å²) >= 11 is 0. The molecule has 2 heterocycles. The topological polar surface area (TPSA) is 102 Å². The summed E-state index contributed by atoms with van der Waals surface area (Å²) in [6, 6.07) is -0.125. The number of hydrogen-bond acceptors (Lipinski definition) is 5. The van der Waals surface area contributed by atoms with Gasteiger partial charge in [-0.25, -0.2) is 0 Å². The van der Waals surface area contributed by atoms with Crippen molar-refractivity contribution in [1.82, 2.24) is 14.5 Å². The van der Waals surface area contributed by atoms with Crippen LogP contribution in [-0.4, -0.2) is 49.1 Å². The van der Waals surface area contributed by atoms with E-state index < -0.39 is 11.0 Å². The minimum absolute atomic E-state index is 0.0265. The summed E-state index contributed by atoms with van der Waals surface area (Å²) in [6.45, 7) is 4.41. The number of imidazole rings is 1.